The van der Waals surface area contributed by atoms with Crippen LogP contribution in [0.1, 0.15) is 41.6 Å². The van der Waals surface area contributed by atoms with Crippen molar-refractivity contribution in [1.82, 2.24) is 4.90 Å². The first-order valence-corrected chi connectivity index (χ1v) is 6.57. The molecular formula is C14H13F2NO2. The maximum absolute atomic E-state index is 15.1. The summed E-state index contributed by atoms with van der Waals surface area (Å²) in [5.74, 6) is -4.95. The first-order valence-electron chi connectivity index (χ1n) is 6.57. The molecule has 3 aliphatic rings. The van der Waals surface area contributed by atoms with Crippen LogP contribution in [-0.2, 0) is 10.7 Å². The number of rotatable bonds is 0. The van der Waals surface area contributed by atoms with Crippen molar-refractivity contribution < 1.29 is 18.3 Å². The summed E-state index contributed by atoms with van der Waals surface area (Å²) in [5, 5.41) is 0. The van der Waals surface area contributed by atoms with Gasteiger partial charge < -0.3 is 0 Å². The molecule has 5 heteroatoms. The van der Waals surface area contributed by atoms with Gasteiger partial charge in [-0.3, -0.25) is 14.4 Å². The van der Waals surface area contributed by atoms with Gasteiger partial charge >= 0.3 is 5.98 Å². The smallest absolute Gasteiger partial charge is 0.285 e. The van der Waals surface area contributed by atoms with Crippen LogP contribution >= 0.6 is 0 Å². The molecule has 0 radical (unpaired) electrons. The summed E-state index contributed by atoms with van der Waals surface area (Å²) in [5.41, 5.74) is 0.407. The average molecular weight is 265 g/mol. The number of hydrogen-bond donors (Lipinski definition) is 0. The summed E-state index contributed by atoms with van der Waals surface area (Å²) in [6, 6.07) is 5.54. The van der Waals surface area contributed by atoms with E-state index in [0.29, 0.717) is 12.8 Å². The van der Waals surface area contributed by atoms with Gasteiger partial charge in [0, 0.05) is 6.42 Å². The Balaban J connectivity index is 1.89. The molecule has 1 saturated carbocycles. The predicted octanol–water partition coefficient (Wildman–Crippen LogP) is 2.86. The van der Waals surface area contributed by atoms with E-state index in [9.17, 15) is 9.18 Å². The zero-order chi connectivity index (χ0) is 13.3. The summed E-state index contributed by atoms with van der Waals surface area (Å²) in [6.07, 6.45) is 2.04. The molecule has 2 fully saturated rings. The second-order valence-corrected chi connectivity index (χ2v) is 5.43. The molecule has 1 aliphatic carbocycles. The number of alkyl halides is 2. The lowest BCUT2D eigenvalue weighted by molar-refractivity contribution is -0.257. The second kappa shape index (κ2) is 3.33. The number of halogens is 2. The Bertz CT molecular complexity index is 578. The van der Waals surface area contributed by atoms with Crippen LogP contribution in [0, 0.1) is 0 Å². The summed E-state index contributed by atoms with van der Waals surface area (Å²) in [4.78, 5) is 13.3. The molecule has 2 aliphatic heterocycles. The number of nitrogens with zero attached hydrogens (tertiary/aromatic N) is 1. The molecule has 2 heterocycles. The highest BCUT2D eigenvalue weighted by Gasteiger charge is 2.69. The van der Waals surface area contributed by atoms with Crippen molar-refractivity contribution in [2.75, 3.05) is 0 Å². The number of ether oxygens (including phenoxy) is 1. The predicted molar refractivity (Wildman–Crippen MR) is 62.6 cm³/mol. The van der Waals surface area contributed by atoms with Crippen LogP contribution in [0.5, 0.6) is 0 Å². The molecule has 0 bridgehead atoms. The van der Waals surface area contributed by atoms with Gasteiger partial charge in [-0.2, -0.15) is 4.39 Å². The molecule has 19 heavy (non-hydrogen) atoms. The van der Waals surface area contributed by atoms with E-state index in [1.807, 2.05) is 0 Å². The highest BCUT2D eigenvalue weighted by atomic mass is 19.2. The lowest BCUT2D eigenvalue weighted by Gasteiger charge is -2.32. The molecule has 4 rings (SSSR count). The highest BCUT2D eigenvalue weighted by Crippen LogP contribution is 2.56. The van der Waals surface area contributed by atoms with Gasteiger partial charge in [-0.15, -0.1) is 0 Å². The van der Waals surface area contributed by atoms with E-state index in [1.54, 1.807) is 18.2 Å². The molecular weight excluding hydrogens is 252 g/mol. The lowest BCUT2D eigenvalue weighted by Crippen LogP contribution is -2.47. The summed E-state index contributed by atoms with van der Waals surface area (Å²) >= 11 is 0. The SMILES string of the molecule is O=C1c2ccccc2C2(F)OC3(F)CCCCC3N12. The largest absolute Gasteiger partial charge is 0.323 e. The van der Waals surface area contributed by atoms with Crippen LogP contribution < -0.4 is 0 Å². The van der Waals surface area contributed by atoms with Gasteiger partial charge in [0.2, 0.25) is 5.85 Å². The van der Waals surface area contributed by atoms with Gasteiger partial charge in [-0.1, -0.05) is 24.6 Å². The minimum atomic E-state index is -2.43. The Morgan fingerprint density at radius 1 is 1.26 bits per heavy atom. The molecule has 1 amide bonds. The van der Waals surface area contributed by atoms with Crippen molar-refractivity contribution in [3.63, 3.8) is 0 Å². The van der Waals surface area contributed by atoms with Crippen molar-refractivity contribution in [3.8, 4) is 0 Å². The van der Waals surface area contributed by atoms with Crippen molar-refractivity contribution >= 4 is 5.91 Å². The molecule has 3 atom stereocenters. The number of fused-ring (bicyclic) bond motifs is 5. The Kier molecular flexibility index (Phi) is 1.99. The van der Waals surface area contributed by atoms with E-state index in [0.717, 1.165) is 11.3 Å². The van der Waals surface area contributed by atoms with Crippen LogP contribution in [-0.4, -0.2) is 22.7 Å². The fourth-order valence-corrected chi connectivity index (χ4v) is 3.53. The van der Waals surface area contributed by atoms with Gasteiger partial charge in [-0.05, 0) is 18.9 Å². The van der Waals surface area contributed by atoms with Gasteiger partial charge in [0.15, 0.2) is 0 Å². The molecule has 1 aromatic rings. The van der Waals surface area contributed by atoms with E-state index in [1.165, 1.54) is 6.07 Å². The van der Waals surface area contributed by atoms with Gasteiger partial charge in [0.05, 0.1) is 17.2 Å². The van der Waals surface area contributed by atoms with E-state index < -0.39 is 23.8 Å². The minimum absolute atomic E-state index is 0.131. The van der Waals surface area contributed by atoms with E-state index in [-0.39, 0.29) is 17.5 Å². The molecule has 0 spiro atoms. The highest BCUT2D eigenvalue weighted by molar-refractivity contribution is 6.00. The van der Waals surface area contributed by atoms with Crippen molar-refractivity contribution in [2.45, 2.75) is 43.6 Å². The van der Waals surface area contributed by atoms with Crippen LogP contribution in [0.15, 0.2) is 24.3 Å². The normalized spacial score (nSPS) is 40.0. The number of benzene rings is 1. The lowest BCUT2D eigenvalue weighted by atomic mass is 9.90. The number of amides is 1. The van der Waals surface area contributed by atoms with Crippen LogP contribution in [0.25, 0.3) is 0 Å². The van der Waals surface area contributed by atoms with Crippen molar-refractivity contribution in [2.24, 2.45) is 0 Å². The number of carbonyl (C=O) groups excluding carboxylic acids is 1. The maximum atomic E-state index is 15.1. The Morgan fingerprint density at radius 2 is 2.05 bits per heavy atom. The Morgan fingerprint density at radius 3 is 2.89 bits per heavy atom. The molecule has 1 aromatic carbocycles. The summed E-state index contributed by atoms with van der Waals surface area (Å²) in [7, 11) is 0. The third-order valence-electron chi connectivity index (χ3n) is 4.38. The zero-order valence-corrected chi connectivity index (χ0v) is 10.2. The zero-order valence-electron chi connectivity index (χ0n) is 10.2. The Labute approximate surface area is 109 Å². The third-order valence-corrected chi connectivity index (χ3v) is 4.38. The molecule has 0 aromatic heterocycles. The molecule has 3 nitrogen and oxygen atoms in total. The van der Waals surface area contributed by atoms with E-state index in [4.69, 9.17) is 4.74 Å². The van der Waals surface area contributed by atoms with Gasteiger partial charge in [0.1, 0.15) is 0 Å². The standard InChI is InChI=1S/C14H13F2NO2/c15-13-8-4-3-7-11(13)17-12(18)9-5-1-2-6-10(9)14(17,16)19-13/h1-2,5-6,11H,3-4,7-8H2. The molecule has 0 N–H and O–H groups in total. The fourth-order valence-electron chi connectivity index (χ4n) is 3.53. The van der Waals surface area contributed by atoms with E-state index in [2.05, 4.69) is 0 Å². The molecule has 1 saturated heterocycles. The summed E-state index contributed by atoms with van der Waals surface area (Å²) in [6.45, 7) is 0. The fraction of sp³-hybridized carbons (Fsp3) is 0.500. The number of hydrogen-bond acceptors (Lipinski definition) is 2. The van der Waals surface area contributed by atoms with Gasteiger partial charge in [-0.25, -0.2) is 4.39 Å². The van der Waals surface area contributed by atoms with Crippen LogP contribution in [0.2, 0.25) is 0 Å². The number of carbonyl (C=O) groups is 1. The van der Waals surface area contributed by atoms with Crippen LogP contribution in [0.4, 0.5) is 8.78 Å². The topological polar surface area (TPSA) is 29.5 Å². The maximum Gasteiger partial charge on any atom is 0.323 e. The molecule has 100 valence electrons. The first kappa shape index (κ1) is 11.3. The quantitative estimate of drug-likeness (QED) is 0.675. The molecule has 3 unspecified atom stereocenters. The monoisotopic (exact) mass is 265 g/mol. The van der Waals surface area contributed by atoms with E-state index >= 15 is 4.39 Å². The first-order chi connectivity index (χ1) is 9.06. The summed E-state index contributed by atoms with van der Waals surface area (Å²) < 4.78 is 35.0. The third kappa shape index (κ3) is 1.21. The second-order valence-electron chi connectivity index (χ2n) is 5.43. The van der Waals surface area contributed by atoms with Crippen molar-refractivity contribution in [1.29, 1.82) is 0 Å². The Hall–Kier alpha value is -1.49. The average Bonchev–Trinajstić information content (AvgIpc) is 2.76. The van der Waals surface area contributed by atoms with Gasteiger partial charge in [0.25, 0.3) is 5.91 Å². The van der Waals surface area contributed by atoms with Crippen LogP contribution in [0.3, 0.4) is 0 Å². The van der Waals surface area contributed by atoms with Crippen molar-refractivity contribution in [3.05, 3.63) is 35.4 Å². The minimum Gasteiger partial charge on any atom is -0.285 e.